The highest BCUT2D eigenvalue weighted by Crippen LogP contribution is 2.43. The third-order valence-electron chi connectivity index (χ3n) is 4.37. The lowest BCUT2D eigenvalue weighted by atomic mass is 9.73. The van der Waals surface area contributed by atoms with Gasteiger partial charge in [0.2, 0.25) is 0 Å². The van der Waals surface area contributed by atoms with Gasteiger partial charge in [0.25, 0.3) is 0 Å². The van der Waals surface area contributed by atoms with Crippen LogP contribution in [0.15, 0.2) is 48.5 Å². The minimum atomic E-state index is -0.307. The zero-order valence-corrected chi connectivity index (χ0v) is 14.4. The Hall–Kier alpha value is -2.04. The van der Waals surface area contributed by atoms with Crippen LogP contribution in [0.4, 0.5) is 0 Å². The topological polar surface area (TPSA) is 58.9 Å². The summed E-state index contributed by atoms with van der Waals surface area (Å²) in [6.07, 6.45) is 0.853. The van der Waals surface area contributed by atoms with Gasteiger partial charge in [-0.1, -0.05) is 50.2 Å². The fourth-order valence-corrected chi connectivity index (χ4v) is 2.93. The van der Waals surface area contributed by atoms with Crippen molar-refractivity contribution in [2.24, 2.45) is 0 Å². The molecule has 0 atom stereocenters. The molecule has 0 saturated carbocycles. The molecule has 0 aliphatic carbocycles. The van der Waals surface area contributed by atoms with E-state index in [1.54, 1.807) is 0 Å². The van der Waals surface area contributed by atoms with Crippen molar-refractivity contribution in [3.05, 3.63) is 59.7 Å². The number of hydrogen-bond acceptors (Lipinski definition) is 4. The molecule has 130 valence electrons. The summed E-state index contributed by atoms with van der Waals surface area (Å²) in [6.45, 7) is 4.78. The maximum atomic E-state index is 9.07. The van der Waals surface area contributed by atoms with E-state index >= 15 is 0 Å². The van der Waals surface area contributed by atoms with E-state index in [2.05, 4.69) is 26.0 Å². The van der Waals surface area contributed by atoms with Gasteiger partial charge in [0.1, 0.15) is 24.7 Å². The molecule has 0 heterocycles. The van der Waals surface area contributed by atoms with E-state index < -0.39 is 0 Å². The Morgan fingerprint density at radius 2 is 1.21 bits per heavy atom. The van der Waals surface area contributed by atoms with Gasteiger partial charge in [-0.2, -0.15) is 0 Å². The predicted molar refractivity (Wildman–Crippen MR) is 94.8 cm³/mol. The van der Waals surface area contributed by atoms with Gasteiger partial charge in [-0.25, -0.2) is 0 Å². The Kier molecular flexibility index (Phi) is 6.64. The van der Waals surface area contributed by atoms with Crippen molar-refractivity contribution in [1.29, 1.82) is 0 Å². The molecular formula is C20H26O4. The van der Waals surface area contributed by atoms with E-state index in [1.165, 1.54) is 0 Å². The van der Waals surface area contributed by atoms with Crippen molar-refractivity contribution < 1.29 is 19.7 Å². The Morgan fingerprint density at radius 1 is 0.792 bits per heavy atom. The molecule has 0 radical (unpaired) electrons. The third kappa shape index (κ3) is 3.89. The highest BCUT2D eigenvalue weighted by molar-refractivity contribution is 5.51. The normalized spacial score (nSPS) is 11.3. The number of ether oxygens (including phenoxy) is 2. The first-order chi connectivity index (χ1) is 11.7. The molecule has 2 N–H and O–H groups in total. The van der Waals surface area contributed by atoms with Gasteiger partial charge < -0.3 is 19.7 Å². The van der Waals surface area contributed by atoms with Gasteiger partial charge >= 0.3 is 0 Å². The van der Waals surface area contributed by atoms with E-state index in [0.29, 0.717) is 0 Å². The molecule has 2 aromatic carbocycles. The summed E-state index contributed by atoms with van der Waals surface area (Å²) in [6, 6.07) is 15.8. The van der Waals surface area contributed by atoms with Gasteiger partial charge in [0.15, 0.2) is 0 Å². The zero-order chi connectivity index (χ0) is 17.4. The molecule has 0 unspecified atom stereocenters. The molecule has 2 aromatic rings. The van der Waals surface area contributed by atoms with Crippen LogP contribution in [0.25, 0.3) is 0 Å². The molecule has 0 fully saturated rings. The smallest absolute Gasteiger partial charge is 0.123 e. The highest BCUT2D eigenvalue weighted by Gasteiger charge is 2.32. The monoisotopic (exact) mass is 330 g/mol. The quantitative estimate of drug-likeness (QED) is 0.741. The lowest BCUT2D eigenvalue weighted by Crippen LogP contribution is -2.25. The van der Waals surface area contributed by atoms with Crippen molar-refractivity contribution in [2.75, 3.05) is 26.4 Å². The number of hydrogen-bond donors (Lipinski definition) is 2. The van der Waals surface area contributed by atoms with E-state index in [1.807, 2.05) is 36.4 Å². The predicted octanol–water partition coefficient (Wildman–Crippen LogP) is 3.14. The van der Waals surface area contributed by atoms with Crippen LogP contribution in [0.1, 0.15) is 31.4 Å². The maximum absolute atomic E-state index is 9.07. The molecule has 0 saturated heterocycles. The second-order valence-electron chi connectivity index (χ2n) is 5.82. The Balaban J connectivity index is 2.49. The summed E-state index contributed by atoms with van der Waals surface area (Å²) in [5, 5.41) is 18.1. The van der Waals surface area contributed by atoms with Gasteiger partial charge in [-0.05, 0) is 18.6 Å². The Labute approximate surface area is 143 Å². The van der Waals surface area contributed by atoms with Crippen LogP contribution < -0.4 is 9.47 Å². The molecule has 0 aliphatic heterocycles. The van der Waals surface area contributed by atoms with Gasteiger partial charge in [0.05, 0.1) is 13.2 Å². The van der Waals surface area contributed by atoms with Crippen LogP contribution in [0.5, 0.6) is 11.5 Å². The lowest BCUT2D eigenvalue weighted by Gasteiger charge is -2.32. The van der Waals surface area contributed by atoms with Crippen molar-refractivity contribution in [1.82, 2.24) is 0 Å². The van der Waals surface area contributed by atoms with Gasteiger partial charge in [-0.3, -0.25) is 0 Å². The molecular weight excluding hydrogens is 304 g/mol. The summed E-state index contributed by atoms with van der Waals surface area (Å²) in [4.78, 5) is 0. The second kappa shape index (κ2) is 8.71. The van der Waals surface area contributed by atoms with Crippen LogP contribution in [-0.2, 0) is 5.41 Å². The second-order valence-corrected chi connectivity index (χ2v) is 5.82. The molecule has 0 aliphatic rings. The Morgan fingerprint density at radius 3 is 1.58 bits per heavy atom. The fourth-order valence-electron chi connectivity index (χ4n) is 2.93. The summed E-state index contributed by atoms with van der Waals surface area (Å²) >= 11 is 0. The fraction of sp³-hybridized carbons (Fsp3) is 0.400. The SMILES string of the molecule is CCC(C)(c1ccccc1OCCO)c1ccccc1OCCO. The number of aliphatic hydroxyl groups is 2. The summed E-state index contributed by atoms with van der Waals surface area (Å²) in [5.41, 5.74) is 1.81. The molecule has 0 aromatic heterocycles. The summed E-state index contributed by atoms with van der Waals surface area (Å²) in [5.74, 6) is 1.54. The van der Waals surface area contributed by atoms with Gasteiger partial charge in [0, 0.05) is 16.5 Å². The van der Waals surface area contributed by atoms with Crippen molar-refractivity contribution >= 4 is 0 Å². The number of benzene rings is 2. The minimum absolute atomic E-state index is 0.0205. The summed E-state index contributed by atoms with van der Waals surface area (Å²) < 4.78 is 11.5. The lowest BCUT2D eigenvalue weighted by molar-refractivity contribution is 0.196. The van der Waals surface area contributed by atoms with E-state index in [9.17, 15) is 0 Å². The van der Waals surface area contributed by atoms with Crippen LogP contribution >= 0.6 is 0 Å². The molecule has 0 amide bonds. The molecule has 24 heavy (non-hydrogen) atoms. The average molecular weight is 330 g/mol. The molecule has 4 nitrogen and oxygen atoms in total. The first-order valence-electron chi connectivity index (χ1n) is 8.33. The van der Waals surface area contributed by atoms with E-state index in [4.69, 9.17) is 19.7 Å². The first kappa shape index (κ1) is 18.3. The molecule has 0 bridgehead atoms. The zero-order valence-electron chi connectivity index (χ0n) is 14.4. The number of para-hydroxylation sites is 2. The summed E-state index contributed by atoms with van der Waals surface area (Å²) in [7, 11) is 0. The third-order valence-corrected chi connectivity index (χ3v) is 4.37. The molecule has 0 spiro atoms. The molecule has 2 rings (SSSR count). The van der Waals surface area contributed by atoms with Crippen molar-refractivity contribution in [3.63, 3.8) is 0 Å². The van der Waals surface area contributed by atoms with E-state index in [0.717, 1.165) is 29.0 Å². The first-order valence-corrected chi connectivity index (χ1v) is 8.33. The van der Waals surface area contributed by atoms with Crippen molar-refractivity contribution in [2.45, 2.75) is 25.7 Å². The Bertz CT molecular complexity index is 588. The van der Waals surface area contributed by atoms with Crippen LogP contribution in [-0.4, -0.2) is 36.6 Å². The van der Waals surface area contributed by atoms with Crippen LogP contribution in [0.3, 0.4) is 0 Å². The van der Waals surface area contributed by atoms with Crippen LogP contribution in [0, 0.1) is 0 Å². The average Bonchev–Trinajstić information content (AvgIpc) is 2.64. The largest absolute Gasteiger partial charge is 0.491 e. The number of aliphatic hydroxyl groups excluding tert-OH is 2. The molecule has 4 heteroatoms. The van der Waals surface area contributed by atoms with E-state index in [-0.39, 0.29) is 31.8 Å². The maximum Gasteiger partial charge on any atom is 0.123 e. The van der Waals surface area contributed by atoms with Crippen LogP contribution in [0.2, 0.25) is 0 Å². The minimum Gasteiger partial charge on any atom is -0.491 e. The number of rotatable bonds is 9. The highest BCUT2D eigenvalue weighted by atomic mass is 16.5. The van der Waals surface area contributed by atoms with Gasteiger partial charge in [-0.15, -0.1) is 0 Å². The van der Waals surface area contributed by atoms with Crippen molar-refractivity contribution in [3.8, 4) is 11.5 Å². The standard InChI is InChI=1S/C20H26O4/c1-3-20(2,16-8-4-6-10-18(16)23-14-12-21)17-9-5-7-11-19(17)24-15-13-22/h4-11,21-22H,3,12-15H2,1-2H3.